The standard InChI is InChI=1S/C16H21N5O/c1-11-6-12(2)20-16(19-11)15-10-21(4-5-22-15)9-14-7-17-13(3)18-8-14/h6-8,15H,4-5,9-10H2,1-3H3/t15-/m1/s1. The van der Waals surface area contributed by atoms with E-state index in [1.807, 2.05) is 39.2 Å². The summed E-state index contributed by atoms with van der Waals surface area (Å²) < 4.78 is 5.86. The summed E-state index contributed by atoms with van der Waals surface area (Å²) in [5.74, 6) is 1.58. The van der Waals surface area contributed by atoms with Gasteiger partial charge in [0.15, 0.2) is 5.82 Å². The second kappa shape index (κ2) is 6.46. The molecule has 0 amide bonds. The fraction of sp³-hybridized carbons (Fsp3) is 0.500. The molecule has 1 aliphatic rings. The van der Waals surface area contributed by atoms with Crippen molar-refractivity contribution in [1.82, 2.24) is 24.8 Å². The van der Waals surface area contributed by atoms with E-state index >= 15 is 0 Å². The lowest BCUT2D eigenvalue weighted by Gasteiger charge is -2.32. The normalized spacial score (nSPS) is 19.3. The Morgan fingerprint density at radius 3 is 2.50 bits per heavy atom. The highest BCUT2D eigenvalue weighted by atomic mass is 16.5. The van der Waals surface area contributed by atoms with E-state index in [1.165, 1.54) is 0 Å². The lowest BCUT2D eigenvalue weighted by atomic mass is 10.2. The average Bonchev–Trinajstić information content (AvgIpc) is 2.49. The van der Waals surface area contributed by atoms with Crippen molar-refractivity contribution in [2.24, 2.45) is 0 Å². The fourth-order valence-electron chi connectivity index (χ4n) is 2.66. The summed E-state index contributed by atoms with van der Waals surface area (Å²) in [6, 6.07) is 1.98. The number of aryl methyl sites for hydroxylation is 3. The van der Waals surface area contributed by atoms with E-state index in [1.54, 1.807) is 0 Å². The lowest BCUT2D eigenvalue weighted by molar-refractivity contribution is -0.0374. The molecule has 3 heterocycles. The summed E-state index contributed by atoms with van der Waals surface area (Å²) in [7, 11) is 0. The molecule has 0 unspecified atom stereocenters. The number of ether oxygens (including phenoxy) is 1. The molecule has 0 bridgehead atoms. The Morgan fingerprint density at radius 2 is 1.82 bits per heavy atom. The molecule has 0 N–H and O–H groups in total. The molecule has 1 fully saturated rings. The Hall–Kier alpha value is -1.92. The summed E-state index contributed by atoms with van der Waals surface area (Å²) in [5.41, 5.74) is 3.08. The quantitative estimate of drug-likeness (QED) is 0.860. The molecule has 6 nitrogen and oxygen atoms in total. The van der Waals surface area contributed by atoms with Crippen LogP contribution in [-0.4, -0.2) is 44.5 Å². The average molecular weight is 299 g/mol. The molecule has 3 rings (SSSR count). The van der Waals surface area contributed by atoms with Crippen molar-refractivity contribution in [2.45, 2.75) is 33.4 Å². The Balaban J connectivity index is 1.69. The van der Waals surface area contributed by atoms with Crippen LogP contribution in [0.4, 0.5) is 0 Å². The molecular formula is C16H21N5O. The molecule has 0 aromatic carbocycles. The maximum absolute atomic E-state index is 5.86. The van der Waals surface area contributed by atoms with E-state index in [9.17, 15) is 0 Å². The number of hydrogen-bond acceptors (Lipinski definition) is 6. The van der Waals surface area contributed by atoms with E-state index < -0.39 is 0 Å². The van der Waals surface area contributed by atoms with E-state index in [-0.39, 0.29) is 6.10 Å². The summed E-state index contributed by atoms with van der Waals surface area (Å²) in [5, 5.41) is 0. The first-order chi connectivity index (χ1) is 10.6. The van der Waals surface area contributed by atoms with Gasteiger partial charge in [-0.05, 0) is 26.8 Å². The number of morpholine rings is 1. The highest BCUT2D eigenvalue weighted by Crippen LogP contribution is 2.21. The molecule has 6 heteroatoms. The minimum Gasteiger partial charge on any atom is -0.368 e. The zero-order chi connectivity index (χ0) is 15.5. The molecule has 1 atom stereocenters. The van der Waals surface area contributed by atoms with Gasteiger partial charge in [-0.25, -0.2) is 19.9 Å². The minimum atomic E-state index is -0.0706. The van der Waals surface area contributed by atoms with Crippen molar-refractivity contribution in [3.8, 4) is 0 Å². The van der Waals surface area contributed by atoms with E-state index in [0.29, 0.717) is 6.61 Å². The highest BCUT2D eigenvalue weighted by Gasteiger charge is 2.24. The van der Waals surface area contributed by atoms with Crippen LogP contribution in [0.1, 0.15) is 34.7 Å². The highest BCUT2D eigenvalue weighted by molar-refractivity contribution is 5.11. The second-order valence-electron chi connectivity index (χ2n) is 5.74. The Kier molecular flexibility index (Phi) is 4.40. The Bertz CT molecular complexity index is 623. The zero-order valence-corrected chi connectivity index (χ0v) is 13.3. The van der Waals surface area contributed by atoms with Gasteiger partial charge in [-0.15, -0.1) is 0 Å². The second-order valence-corrected chi connectivity index (χ2v) is 5.74. The third-order valence-electron chi connectivity index (χ3n) is 3.68. The van der Waals surface area contributed by atoms with E-state index in [0.717, 1.165) is 48.2 Å². The summed E-state index contributed by atoms with van der Waals surface area (Å²) in [6.45, 7) is 9.07. The monoisotopic (exact) mass is 299 g/mol. The number of hydrogen-bond donors (Lipinski definition) is 0. The van der Waals surface area contributed by atoms with Gasteiger partial charge < -0.3 is 4.74 Å². The maximum atomic E-state index is 5.86. The van der Waals surface area contributed by atoms with Crippen molar-refractivity contribution < 1.29 is 4.74 Å². The lowest BCUT2D eigenvalue weighted by Crippen LogP contribution is -2.38. The zero-order valence-electron chi connectivity index (χ0n) is 13.3. The Morgan fingerprint density at radius 1 is 1.14 bits per heavy atom. The van der Waals surface area contributed by atoms with Crippen LogP contribution >= 0.6 is 0 Å². The summed E-state index contributed by atoms with van der Waals surface area (Å²) in [6.07, 6.45) is 3.71. The third-order valence-corrected chi connectivity index (χ3v) is 3.68. The third kappa shape index (κ3) is 3.64. The van der Waals surface area contributed by atoms with Crippen molar-refractivity contribution in [1.29, 1.82) is 0 Å². The van der Waals surface area contributed by atoms with Crippen LogP contribution in [0.5, 0.6) is 0 Å². The molecule has 2 aromatic heterocycles. The van der Waals surface area contributed by atoms with Gasteiger partial charge in [0, 0.05) is 49.0 Å². The topological polar surface area (TPSA) is 64.0 Å². The van der Waals surface area contributed by atoms with Crippen LogP contribution in [0.2, 0.25) is 0 Å². The number of rotatable bonds is 3. The molecule has 0 spiro atoms. The number of aromatic nitrogens is 4. The van der Waals surface area contributed by atoms with Gasteiger partial charge in [-0.2, -0.15) is 0 Å². The fourth-order valence-corrected chi connectivity index (χ4v) is 2.66. The molecule has 116 valence electrons. The van der Waals surface area contributed by atoms with E-state index in [4.69, 9.17) is 4.74 Å². The minimum absolute atomic E-state index is 0.0706. The molecule has 2 aromatic rings. The number of nitrogens with zero attached hydrogens (tertiary/aromatic N) is 5. The van der Waals surface area contributed by atoms with Gasteiger partial charge in [0.25, 0.3) is 0 Å². The molecule has 0 saturated carbocycles. The molecule has 0 radical (unpaired) electrons. The van der Waals surface area contributed by atoms with Gasteiger partial charge in [0.2, 0.25) is 0 Å². The summed E-state index contributed by atoms with van der Waals surface area (Å²) in [4.78, 5) is 19.9. The maximum Gasteiger partial charge on any atom is 0.158 e. The van der Waals surface area contributed by atoms with Gasteiger partial charge in [0.05, 0.1) is 6.61 Å². The van der Waals surface area contributed by atoms with Crippen LogP contribution in [-0.2, 0) is 11.3 Å². The largest absolute Gasteiger partial charge is 0.368 e. The smallest absolute Gasteiger partial charge is 0.158 e. The van der Waals surface area contributed by atoms with E-state index in [2.05, 4.69) is 24.8 Å². The van der Waals surface area contributed by atoms with Crippen molar-refractivity contribution in [2.75, 3.05) is 19.7 Å². The van der Waals surface area contributed by atoms with Gasteiger partial charge >= 0.3 is 0 Å². The first-order valence-electron chi connectivity index (χ1n) is 7.54. The first-order valence-corrected chi connectivity index (χ1v) is 7.54. The first kappa shape index (κ1) is 15.0. The summed E-state index contributed by atoms with van der Waals surface area (Å²) >= 11 is 0. The van der Waals surface area contributed by atoms with Crippen LogP contribution < -0.4 is 0 Å². The van der Waals surface area contributed by atoms with Crippen LogP contribution in [0, 0.1) is 20.8 Å². The van der Waals surface area contributed by atoms with Crippen molar-refractivity contribution >= 4 is 0 Å². The predicted octanol–water partition coefficient (Wildman–Crippen LogP) is 1.77. The van der Waals surface area contributed by atoms with Gasteiger partial charge in [0.1, 0.15) is 11.9 Å². The molecule has 0 aliphatic carbocycles. The molecule has 22 heavy (non-hydrogen) atoms. The SMILES string of the molecule is Cc1cc(C)nc([C@H]2CN(Cc3cnc(C)nc3)CCO2)n1. The van der Waals surface area contributed by atoms with Gasteiger partial charge in [-0.3, -0.25) is 4.90 Å². The van der Waals surface area contributed by atoms with Crippen LogP contribution in [0.25, 0.3) is 0 Å². The van der Waals surface area contributed by atoms with Crippen molar-refractivity contribution in [3.63, 3.8) is 0 Å². The predicted molar refractivity (Wildman–Crippen MR) is 82.2 cm³/mol. The van der Waals surface area contributed by atoms with Crippen LogP contribution in [0.3, 0.4) is 0 Å². The van der Waals surface area contributed by atoms with Gasteiger partial charge in [-0.1, -0.05) is 0 Å². The van der Waals surface area contributed by atoms with Crippen molar-refractivity contribution in [3.05, 3.63) is 47.1 Å². The molecule has 1 aliphatic heterocycles. The van der Waals surface area contributed by atoms with Crippen LogP contribution in [0.15, 0.2) is 18.5 Å². The Labute approximate surface area is 130 Å². The molecular weight excluding hydrogens is 278 g/mol. The molecule has 1 saturated heterocycles.